The number of para-hydroxylation sites is 1. The zero-order chi connectivity index (χ0) is 13.2. The van der Waals surface area contributed by atoms with Gasteiger partial charge in [-0.25, -0.2) is 0 Å². The van der Waals surface area contributed by atoms with E-state index in [4.69, 9.17) is 4.98 Å². The van der Waals surface area contributed by atoms with Crippen molar-refractivity contribution in [3.63, 3.8) is 0 Å². The van der Waals surface area contributed by atoms with Gasteiger partial charge in [0, 0.05) is 24.2 Å². The molecule has 19 heavy (non-hydrogen) atoms. The van der Waals surface area contributed by atoms with Gasteiger partial charge in [-0.3, -0.25) is 9.88 Å². The van der Waals surface area contributed by atoms with Gasteiger partial charge in [-0.1, -0.05) is 24.3 Å². The maximum absolute atomic E-state index is 4.88. The van der Waals surface area contributed by atoms with Crippen molar-refractivity contribution in [1.82, 2.24) is 9.88 Å². The molecule has 0 N–H and O–H groups in total. The Morgan fingerprint density at radius 3 is 3.05 bits per heavy atom. The maximum atomic E-state index is 4.88. The molecule has 1 aliphatic rings. The lowest BCUT2D eigenvalue weighted by Crippen LogP contribution is -2.23. The Kier molecular flexibility index (Phi) is 3.34. The smallest absolute Gasteiger partial charge is 0.0708 e. The monoisotopic (exact) mass is 252 g/mol. The van der Waals surface area contributed by atoms with Gasteiger partial charge in [0.15, 0.2) is 0 Å². The number of fused-ring (bicyclic) bond motifs is 2. The van der Waals surface area contributed by atoms with Crippen LogP contribution in [0, 0.1) is 6.92 Å². The Bertz CT molecular complexity index is 616. The van der Waals surface area contributed by atoms with E-state index in [1.54, 1.807) is 0 Å². The second kappa shape index (κ2) is 5.14. The molecule has 2 aromatic rings. The van der Waals surface area contributed by atoms with E-state index in [1.807, 2.05) is 6.08 Å². The van der Waals surface area contributed by atoms with Crippen molar-refractivity contribution in [2.45, 2.75) is 26.3 Å². The number of hydrogen-bond acceptors (Lipinski definition) is 2. The van der Waals surface area contributed by atoms with Gasteiger partial charge >= 0.3 is 0 Å². The quantitative estimate of drug-likeness (QED) is 0.761. The molecule has 2 heteroatoms. The van der Waals surface area contributed by atoms with Crippen LogP contribution in [0.4, 0.5) is 0 Å². The van der Waals surface area contributed by atoms with Crippen LogP contribution in [0.2, 0.25) is 0 Å². The van der Waals surface area contributed by atoms with E-state index < -0.39 is 0 Å². The minimum atomic E-state index is 0.964. The summed E-state index contributed by atoms with van der Waals surface area (Å²) in [7, 11) is 0. The first-order valence-electron chi connectivity index (χ1n) is 7.00. The predicted octanol–water partition coefficient (Wildman–Crippen LogP) is 3.48. The third-order valence-electron chi connectivity index (χ3n) is 4.02. The van der Waals surface area contributed by atoms with Crippen LogP contribution in [-0.2, 0) is 13.0 Å². The van der Waals surface area contributed by atoms with Gasteiger partial charge in [-0.05, 0) is 43.5 Å². The fourth-order valence-electron chi connectivity index (χ4n) is 3.01. The van der Waals surface area contributed by atoms with Crippen LogP contribution in [0.25, 0.3) is 10.9 Å². The molecule has 0 atom stereocenters. The van der Waals surface area contributed by atoms with E-state index in [0.29, 0.717) is 0 Å². The Morgan fingerprint density at radius 2 is 2.21 bits per heavy atom. The average Bonchev–Trinajstić information content (AvgIpc) is 2.62. The van der Waals surface area contributed by atoms with Crippen LogP contribution >= 0.6 is 0 Å². The van der Waals surface area contributed by atoms with Gasteiger partial charge < -0.3 is 0 Å². The fourth-order valence-corrected chi connectivity index (χ4v) is 3.01. The van der Waals surface area contributed by atoms with E-state index in [1.165, 1.54) is 28.6 Å². The molecule has 0 radical (unpaired) electrons. The molecule has 98 valence electrons. The fraction of sp³-hybridized carbons (Fsp3) is 0.353. The zero-order valence-electron chi connectivity index (χ0n) is 11.5. The molecule has 3 rings (SSSR count). The molecule has 0 saturated heterocycles. The number of hydrogen-bond donors (Lipinski definition) is 0. The van der Waals surface area contributed by atoms with E-state index in [0.717, 1.165) is 31.6 Å². The zero-order valence-corrected chi connectivity index (χ0v) is 11.5. The highest BCUT2D eigenvalue weighted by atomic mass is 15.1. The lowest BCUT2D eigenvalue weighted by Gasteiger charge is -2.19. The third-order valence-corrected chi connectivity index (χ3v) is 4.02. The summed E-state index contributed by atoms with van der Waals surface area (Å²) < 4.78 is 0. The van der Waals surface area contributed by atoms with Crippen molar-refractivity contribution < 1.29 is 0 Å². The van der Waals surface area contributed by atoms with Crippen LogP contribution in [0.3, 0.4) is 0 Å². The Balaban J connectivity index is 2.12. The van der Waals surface area contributed by atoms with Crippen molar-refractivity contribution >= 4 is 10.9 Å². The van der Waals surface area contributed by atoms with Gasteiger partial charge in [-0.2, -0.15) is 0 Å². The van der Waals surface area contributed by atoms with E-state index in [9.17, 15) is 0 Å². The standard InChI is InChI=1S/C17H20N2/c1-3-10-19-11-6-9-17-15(12-19)13(2)14-7-4-5-8-16(14)18-17/h3-5,7-8H,1,6,9-12H2,2H3. The molecular formula is C17H20N2. The first-order chi connectivity index (χ1) is 9.29. The van der Waals surface area contributed by atoms with Gasteiger partial charge in [0.2, 0.25) is 0 Å². The molecule has 1 aromatic heterocycles. The summed E-state index contributed by atoms with van der Waals surface area (Å²) in [6.45, 7) is 9.20. The van der Waals surface area contributed by atoms with Crippen LogP contribution < -0.4 is 0 Å². The molecule has 2 nitrogen and oxygen atoms in total. The normalized spacial score (nSPS) is 16.1. The highest BCUT2D eigenvalue weighted by molar-refractivity contribution is 5.83. The largest absolute Gasteiger partial charge is 0.295 e. The van der Waals surface area contributed by atoms with E-state index in [2.05, 4.69) is 42.7 Å². The molecule has 0 bridgehead atoms. The second-order valence-corrected chi connectivity index (χ2v) is 5.31. The highest BCUT2D eigenvalue weighted by Gasteiger charge is 2.18. The highest BCUT2D eigenvalue weighted by Crippen LogP contribution is 2.26. The van der Waals surface area contributed by atoms with Gasteiger partial charge in [-0.15, -0.1) is 6.58 Å². The molecule has 1 aliphatic heterocycles. The lowest BCUT2D eigenvalue weighted by molar-refractivity contribution is 0.299. The summed E-state index contributed by atoms with van der Waals surface area (Å²) in [4.78, 5) is 7.34. The average molecular weight is 252 g/mol. The summed E-state index contributed by atoms with van der Waals surface area (Å²) in [5, 5.41) is 1.29. The molecule has 2 heterocycles. The molecule has 0 spiro atoms. The minimum absolute atomic E-state index is 0.964. The van der Waals surface area contributed by atoms with Crippen LogP contribution in [0.15, 0.2) is 36.9 Å². The SMILES string of the molecule is C=CCN1CCCc2nc3ccccc3c(C)c2C1. The topological polar surface area (TPSA) is 16.1 Å². The van der Waals surface area contributed by atoms with Crippen molar-refractivity contribution in [2.75, 3.05) is 13.1 Å². The Hall–Kier alpha value is -1.67. The van der Waals surface area contributed by atoms with Crippen molar-refractivity contribution in [3.05, 3.63) is 53.7 Å². The Labute approximate surface area is 114 Å². The number of benzene rings is 1. The molecule has 0 unspecified atom stereocenters. The molecule has 1 aromatic carbocycles. The summed E-state index contributed by atoms with van der Waals surface area (Å²) >= 11 is 0. The summed E-state index contributed by atoms with van der Waals surface area (Å²) in [6, 6.07) is 8.47. The number of aryl methyl sites for hydroxylation is 2. The van der Waals surface area contributed by atoms with Gasteiger partial charge in [0.1, 0.15) is 0 Å². The van der Waals surface area contributed by atoms with E-state index in [-0.39, 0.29) is 0 Å². The maximum Gasteiger partial charge on any atom is 0.0708 e. The van der Waals surface area contributed by atoms with Gasteiger partial charge in [0.25, 0.3) is 0 Å². The van der Waals surface area contributed by atoms with Gasteiger partial charge in [0.05, 0.1) is 5.52 Å². The molecule has 0 aliphatic carbocycles. The second-order valence-electron chi connectivity index (χ2n) is 5.31. The van der Waals surface area contributed by atoms with Crippen LogP contribution in [0.5, 0.6) is 0 Å². The number of rotatable bonds is 2. The van der Waals surface area contributed by atoms with Crippen LogP contribution in [-0.4, -0.2) is 23.0 Å². The summed E-state index contributed by atoms with van der Waals surface area (Å²) in [5.74, 6) is 0. The molecular weight excluding hydrogens is 232 g/mol. The van der Waals surface area contributed by atoms with Crippen molar-refractivity contribution in [3.8, 4) is 0 Å². The molecule has 0 fully saturated rings. The number of nitrogens with zero attached hydrogens (tertiary/aromatic N) is 2. The van der Waals surface area contributed by atoms with Crippen molar-refractivity contribution in [1.29, 1.82) is 0 Å². The van der Waals surface area contributed by atoms with E-state index >= 15 is 0 Å². The van der Waals surface area contributed by atoms with Crippen molar-refractivity contribution in [2.24, 2.45) is 0 Å². The lowest BCUT2D eigenvalue weighted by atomic mass is 10.00. The minimum Gasteiger partial charge on any atom is -0.295 e. The summed E-state index contributed by atoms with van der Waals surface area (Å²) in [6.07, 6.45) is 4.27. The third kappa shape index (κ3) is 2.28. The number of pyridine rings is 1. The van der Waals surface area contributed by atoms with Crippen LogP contribution in [0.1, 0.15) is 23.2 Å². The Morgan fingerprint density at radius 1 is 1.37 bits per heavy atom. The number of aromatic nitrogens is 1. The molecule has 0 saturated carbocycles. The molecule has 0 amide bonds. The summed E-state index contributed by atoms with van der Waals surface area (Å²) in [5.41, 5.74) is 5.26. The predicted molar refractivity (Wildman–Crippen MR) is 80.3 cm³/mol. The first-order valence-corrected chi connectivity index (χ1v) is 7.00. The first kappa shape index (κ1) is 12.4.